The predicted octanol–water partition coefficient (Wildman–Crippen LogP) is 1.46. The molecule has 0 spiro atoms. The van der Waals surface area contributed by atoms with E-state index in [0.29, 0.717) is 0 Å². The highest BCUT2D eigenvalue weighted by Gasteiger charge is 2.07. The van der Waals surface area contributed by atoms with Crippen molar-refractivity contribution in [2.45, 2.75) is 6.10 Å². The van der Waals surface area contributed by atoms with Crippen LogP contribution in [0.4, 0.5) is 0 Å². The average molecular weight is 248 g/mol. The van der Waals surface area contributed by atoms with E-state index in [-0.39, 0.29) is 0 Å². The molecule has 0 bridgehead atoms. The molecule has 0 saturated carbocycles. The van der Waals surface area contributed by atoms with Crippen LogP contribution in [-0.4, -0.2) is 27.3 Å². The Morgan fingerprint density at radius 2 is 1.61 bits per heavy atom. The van der Waals surface area contributed by atoms with E-state index < -0.39 is 18.0 Å². The van der Waals surface area contributed by atoms with Crippen molar-refractivity contribution < 1.29 is 24.9 Å². The smallest absolute Gasteiger partial charge is 0.414 e. The largest absolute Gasteiger partial charge is 0.473 e. The van der Waals surface area contributed by atoms with Crippen LogP contribution in [0.5, 0.6) is 0 Å². The predicted molar refractivity (Wildman–Crippen MR) is 64.8 cm³/mol. The molecule has 1 aromatic rings. The van der Waals surface area contributed by atoms with Crippen LogP contribution >= 0.6 is 0 Å². The van der Waals surface area contributed by atoms with Crippen molar-refractivity contribution in [2.75, 3.05) is 0 Å². The molecule has 0 aliphatic heterocycles. The SMILES string of the molecule is O=C(O)C(=O)O.OC1C=CC=Cc2ccccc21. The lowest BCUT2D eigenvalue weighted by atomic mass is 10.0. The number of allylic oxidation sites excluding steroid dienone is 2. The molecule has 94 valence electrons. The number of fused-ring (bicyclic) bond motifs is 1. The maximum Gasteiger partial charge on any atom is 0.414 e. The quantitative estimate of drug-likeness (QED) is 0.604. The monoisotopic (exact) mass is 248 g/mol. The molecule has 3 N–H and O–H groups in total. The van der Waals surface area contributed by atoms with Gasteiger partial charge in [-0.3, -0.25) is 0 Å². The van der Waals surface area contributed by atoms with Crippen LogP contribution in [0.25, 0.3) is 6.08 Å². The maximum atomic E-state index is 9.61. The second-order valence-corrected chi connectivity index (χ2v) is 3.43. The minimum Gasteiger partial charge on any atom is -0.473 e. The average Bonchev–Trinajstić information content (AvgIpc) is 2.53. The zero-order valence-corrected chi connectivity index (χ0v) is 9.35. The molecule has 0 aromatic heterocycles. The number of aliphatic carboxylic acids is 2. The molecule has 18 heavy (non-hydrogen) atoms. The van der Waals surface area contributed by atoms with Gasteiger partial charge < -0.3 is 15.3 Å². The highest BCUT2D eigenvalue weighted by atomic mass is 16.4. The van der Waals surface area contributed by atoms with Gasteiger partial charge in [0.1, 0.15) is 0 Å². The second-order valence-electron chi connectivity index (χ2n) is 3.43. The molecule has 0 saturated heterocycles. The van der Waals surface area contributed by atoms with Crippen molar-refractivity contribution in [1.82, 2.24) is 0 Å². The summed E-state index contributed by atoms with van der Waals surface area (Å²) < 4.78 is 0. The summed E-state index contributed by atoms with van der Waals surface area (Å²) >= 11 is 0. The van der Waals surface area contributed by atoms with Gasteiger partial charge in [0, 0.05) is 0 Å². The first-order chi connectivity index (χ1) is 8.52. The third kappa shape index (κ3) is 3.88. The Hall–Kier alpha value is -2.40. The summed E-state index contributed by atoms with van der Waals surface area (Å²) in [5, 5.41) is 24.4. The van der Waals surface area contributed by atoms with Crippen LogP contribution in [0.2, 0.25) is 0 Å². The van der Waals surface area contributed by atoms with Gasteiger partial charge in [-0.15, -0.1) is 0 Å². The van der Waals surface area contributed by atoms with Gasteiger partial charge >= 0.3 is 11.9 Å². The maximum absolute atomic E-state index is 9.61. The molecule has 0 heterocycles. The molecule has 0 radical (unpaired) electrons. The number of benzene rings is 1. The summed E-state index contributed by atoms with van der Waals surface area (Å²) in [6.45, 7) is 0. The fourth-order valence-electron chi connectivity index (χ4n) is 1.36. The van der Waals surface area contributed by atoms with Crippen molar-refractivity contribution >= 4 is 18.0 Å². The van der Waals surface area contributed by atoms with Gasteiger partial charge in [0.05, 0.1) is 6.10 Å². The third-order valence-electron chi connectivity index (χ3n) is 2.18. The Labute approximate surface area is 103 Å². The van der Waals surface area contributed by atoms with E-state index in [1.165, 1.54) is 0 Å². The summed E-state index contributed by atoms with van der Waals surface area (Å²) in [4.78, 5) is 18.2. The molecule has 2 rings (SSSR count). The Bertz CT molecular complexity index is 490. The molecule has 1 aliphatic carbocycles. The number of rotatable bonds is 0. The lowest BCUT2D eigenvalue weighted by Crippen LogP contribution is -2.09. The van der Waals surface area contributed by atoms with Gasteiger partial charge in [0.2, 0.25) is 0 Å². The summed E-state index contributed by atoms with van der Waals surface area (Å²) in [6.07, 6.45) is 7.13. The lowest BCUT2D eigenvalue weighted by Gasteiger charge is -2.07. The number of carbonyl (C=O) groups is 2. The Morgan fingerprint density at radius 3 is 2.22 bits per heavy atom. The lowest BCUT2D eigenvalue weighted by molar-refractivity contribution is -0.159. The summed E-state index contributed by atoms with van der Waals surface area (Å²) in [7, 11) is 0. The summed E-state index contributed by atoms with van der Waals surface area (Å²) in [6, 6.07) is 7.86. The zero-order valence-electron chi connectivity index (χ0n) is 9.35. The third-order valence-corrected chi connectivity index (χ3v) is 2.18. The molecule has 5 heteroatoms. The number of aliphatic hydroxyl groups is 1. The van der Waals surface area contributed by atoms with Gasteiger partial charge in [-0.05, 0) is 11.1 Å². The van der Waals surface area contributed by atoms with Gasteiger partial charge in [0.25, 0.3) is 0 Å². The normalized spacial score (nSPS) is 15.9. The van der Waals surface area contributed by atoms with Crippen molar-refractivity contribution in [3.8, 4) is 0 Å². The topological polar surface area (TPSA) is 94.8 Å². The van der Waals surface area contributed by atoms with Gasteiger partial charge in [-0.25, -0.2) is 9.59 Å². The van der Waals surface area contributed by atoms with E-state index in [1.54, 1.807) is 6.08 Å². The first kappa shape index (κ1) is 13.7. The number of hydrogen-bond donors (Lipinski definition) is 3. The van der Waals surface area contributed by atoms with E-state index in [4.69, 9.17) is 19.8 Å². The molecule has 1 unspecified atom stereocenters. The molecule has 1 aliphatic rings. The van der Waals surface area contributed by atoms with Gasteiger partial charge in [-0.1, -0.05) is 48.6 Å². The van der Waals surface area contributed by atoms with E-state index in [2.05, 4.69) is 0 Å². The van der Waals surface area contributed by atoms with E-state index in [1.807, 2.05) is 42.5 Å². The van der Waals surface area contributed by atoms with Crippen LogP contribution in [0.3, 0.4) is 0 Å². The molecule has 1 aromatic carbocycles. The van der Waals surface area contributed by atoms with Crippen molar-refractivity contribution in [2.24, 2.45) is 0 Å². The molecule has 0 fully saturated rings. The van der Waals surface area contributed by atoms with E-state index in [0.717, 1.165) is 11.1 Å². The molecular weight excluding hydrogens is 236 g/mol. The Morgan fingerprint density at radius 1 is 1.00 bits per heavy atom. The zero-order chi connectivity index (χ0) is 13.5. The minimum absolute atomic E-state index is 0.462. The van der Waals surface area contributed by atoms with Crippen molar-refractivity contribution in [3.05, 3.63) is 53.6 Å². The van der Waals surface area contributed by atoms with Crippen molar-refractivity contribution in [1.29, 1.82) is 0 Å². The van der Waals surface area contributed by atoms with Crippen LogP contribution in [-0.2, 0) is 9.59 Å². The van der Waals surface area contributed by atoms with Crippen LogP contribution < -0.4 is 0 Å². The fourth-order valence-corrected chi connectivity index (χ4v) is 1.36. The standard InChI is InChI=1S/C11H10O.C2H2O4/c12-11-8-4-2-6-9-5-1-3-7-10(9)11;3-1(4)2(5)6/h1-8,11-12H;(H,3,4)(H,5,6). The highest BCUT2D eigenvalue weighted by Crippen LogP contribution is 2.22. The number of carboxylic acids is 2. The Balaban J connectivity index is 0.000000232. The van der Waals surface area contributed by atoms with Crippen LogP contribution in [0.15, 0.2) is 42.5 Å². The molecule has 0 amide bonds. The fraction of sp³-hybridized carbons (Fsp3) is 0.0769. The van der Waals surface area contributed by atoms with E-state index in [9.17, 15) is 5.11 Å². The van der Waals surface area contributed by atoms with Gasteiger partial charge in [0.15, 0.2) is 0 Å². The molecule has 5 nitrogen and oxygen atoms in total. The van der Waals surface area contributed by atoms with Crippen LogP contribution in [0, 0.1) is 0 Å². The summed E-state index contributed by atoms with van der Waals surface area (Å²) in [5.74, 6) is -3.65. The van der Waals surface area contributed by atoms with E-state index >= 15 is 0 Å². The number of aliphatic hydroxyl groups excluding tert-OH is 1. The van der Waals surface area contributed by atoms with Gasteiger partial charge in [-0.2, -0.15) is 0 Å². The first-order valence-corrected chi connectivity index (χ1v) is 5.10. The number of hydrogen-bond acceptors (Lipinski definition) is 3. The highest BCUT2D eigenvalue weighted by molar-refractivity contribution is 6.27. The number of carboxylic acid groups (broad SMARTS) is 2. The van der Waals surface area contributed by atoms with Crippen LogP contribution in [0.1, 0.15) is 17.2 Å². The van der Waals surface area contributed by atoms with Crippen molar-refractivity contribution in [3.63, 3.8) is 0 Å². The minimum atomic E-state index is -1.82. The molecular formula is C13H12O5. The summed E-state index contributed by atoms with van der Waals surface area (Å²) in [5.41, 5.74) is 2.07. The Kier molecular flexibility index (Phi) is 4.83. The second kappa shape index (κ2) is 6.36. The molecule has 1 atom stereocenters. The first-order valence-electron chi connectivity index (χ1n) is 5.10.